The molecule has 1 heterocycles. The van der Waals surface area contributed by atoms with Crippen molar-refractivity contribution in [3.63, 3.8) is 0 Å². The first-order valence-electron chi connectivity index (χ1n) is 7.68. The number of nitrogens with one attached hydrogen (secondary N) is 1. The van der Waals surface area contributed by atoms with E-state index in [-0.39, 0.29) is 0 Å². The molecule has 0 atom stereocenters. The zero-order valence-corrected chi connectivity index (χ0v) is 13.9. The molecule has 0 unspecified atom stereocenters. The number of aliphatic imine (C=N–C) groups is 1. The Kier molecular flexibility index (Phi) is 5.54. The fraction of sp³-hybridized carbons (Fsp3) is 0.158. The molecule has 2 aromatic carbocycles. The van der Waals surface area contributed by atoms with Crippen molar-refractivity contribution in [1.29, 1.82) is 5.26 Å². The second kappa shape index (κ2) is 8.23. The third-order valence-corrected chi connectivity index (χ3v) is 4.39. The summed E-state index contributed by atoms with van der Waals surface area (Å²) in [7, 11) is 0. The van der Waals surface area contributed by atoms with Crippen molar-refractivity contribution in [3.05, 3.63) is 70.6 Å². The zero-order valence-electron chi connectivity index (χ0n) is 13.1. The lowest BCUT2D eigenvalue weighted by Crippen LogP contribution is -2.10. The minimum absolute atomic E-state index is 0.605. The molecular weight excluding hydrogens is 318 g/mol. The highest BCUT2D eigenvalue weighted by Crippen LogP contribution is 2.27. The van der Waals surface area contributed by atoms with E-state index in [1.807, 2.05) is 48.7 Å². The number of hydrogen-bond donors (Lipinski definition) is 1. The Morgan fingerprint density at radius 3 is 2.92 bits per heavy atom. The predicted octanol–water partition coefficient (Wildman–Crippen LogP) is 3.82. The van der Waals surface area contributed by atoms with E-state index < -0.39 is 0 Å². The first-order chi connectivity index (χ1) is 11.8. The van der Waals surface area contributed by atoms with Crippen LogP contribution in [0, 0.1) is 11.5 Å². The molecule has 1 N–H and O–H groups in total. The number of thioether (sulfide) groups is 1. The molecular formula is C19H17N3OS. The lowest BCUT2D eigenvalue weighted by atomic mass is 10.2. The van der Waals surface area contributed by atoms with Gasteiger partial charge in [-0.2, -0.15) is 5.26 Å². The molecule has 120 valence electrons. The van der Waals surface area contributed by atoms with Crippen LogP contribution in [-0.4, -0.2) is 18.3 Å². The third-order valence-electron chi connectivity index (χ3n) is 3.46. The Morgan fingerprint density at radius 1 is 1.21 bits per heavy atom. The number of nitriles is 1. The maximum atomic E-state index is 8.61. The van der Waals surface area contributed by atoms with Crippen LogP contribution in [0.25, 0.3) is 6.08 Å². The number of hydrogen-bond acceptors (Lipinski definition) is 5. The van der Waals surface area contributed by atoms with Gasteiger partial charge < -0.3 is 4.74 Å². The van der Waals surface area contributed by atoms with E-state index in [1.54, 1.807) is 0 Å². The first kappa shape index (κ1) is 16.2. The SMILES string of the molecule is N#CNC1=NCC(=Cc2cccc(OCCc3ccccc3)c2)S1. The Bertz CT molecular complexity index is 794. The number of ether oxygens (including phenoxy) is 1. The number of rotatable bonds is 5. The minimum Gasteiger partial charge on any atom is -0.493 e. The summed E-state index contributed by atoms with van der Waals surface area (Å²) in [4.78, 5) is 5.36. The summed E-state index contributed by atoms with van der Waals surface area (Å²) < 4.78 is 5.85. The Hall–Kier alpha value is -2.71. The fourth-order valence-corrected chi connectivity index (χ4v) is 3.14. The van der Waals surface area contributed by atoms with Crippen LogP contribution in [0.3, 0.4) is 0 Å². The fourth-order valence-electron chi connectivity index (χ4n) is 2.34. The van der Waals surface area contributed by atoms with Gasteiger partial charge in [-0.05, 0) is 29.3 Å². The van der Waals surface area contributed by atoms with Crippen LogP contribution in [0.15, 0.2) is 64.5 Å². The molecule has 0 radical (unpaired) electrons. The van der Waals surface area contributed by atoms with E-state index >= 15 is 0 Å². The van der Waals surface area contributed by atoms with Crippen LogP contribution in [0.2, 0.25) is 0 Å². The number of benzene rings is 2. The first-order valence-corrected chi connectivity index (χ1v) is 8.50. The van der Waals surface area contributed by atoms with Crippen molar-refractivity contribution in [2.75, 3.05) is 13.2 Å². The Balaban J connectivity index is 1.56. The zero-order chi connectivity index (χ0) is 16.6. The van der Waals surface area contributed by atoms with Gasteiger partial charge in [0, 0.05) is 11.3 Å². The summed E-state index contributed by atoms with van der Waals surface area (Å²) in [6, 6.07) is 18.3. The van der Waals surface area contributed by atoms with E-state index in [9.17, 15) is 0 Å². The van der Waals surface area contributed by atoms with Gasteiger partial charge in [0.15, 0.2) is 11.4 Å². The highest BCUT2D eigenvalue weighted by atomic mass is 32.2. The molecule has 0 aromatic heterocycles. The van der Waals surface area contributed by atoms with Crippen LogP contribution in [-0.2, 0) is 6.42 Å². The van der Waals surface area contributed by atoms with Gasteiger partial charge in [-0.3, -0.25) is 10.3 Å². The summed E-state index contributed by atoms with van der Waals surface area (Å²) in [6.07, 6.45) is 4.85. The normalized spacial score (nSPS) is 15.0. The van der Waals surface area contributed by atoms with E-state index in [2.05, 4.69) is 28.5 Å². The van der Waals surface area contributed by atoms with Gasteiger partial charge in [0.05, 0.1) is 13.2 Å². The van der Waals surface area contributed by atoms with Crippen molar-refractivity contribution in [2.45, 2.75) is 6.42 Å². The highest BCUT2D eigenvalue weighted by Gasteiger charge is 2.12. The second-order valence-corrected chi connectivity index (χ2v) is 6.34. The molecule has 0 bridgehead atoms. The van der Waals surface area contributed by atoms with E-state index in [1.165, 1.54) is 17.3 Å². The molecule has 1 aliphatic heterocycles. The molecule has 1 aliphatic rings. The third kappa shape index (κ3) is 4.64. The van der Waals surface area contributed by atoms with E-state index in [0.717, 1.165) is 22.6 Å². The van der Waals surface area contributed by atoms with Gasteiger partial charge in [-0.25, -0.2) is 0 Å². The van der Waals surface area contributed by atoms with Crippen LogP contribution in [0.5, 0.6) is 5.75 Å². The van der Waals surface area contributed by atoms with Crippen molar-refractivity contribution in [2.24, 2.45) is 4.99 Å². The molecule has 4 nitrogen and oxygen atoms in total. The van der Waals surface area contributed by atoms with Gasteiger partial charge in [-0.1, -0.05) is 54.2 Å². The molecule has 0 saturated carbocycles. The van der Waals surface area contributed by atoms with Gasteiger partial charge in [0.1, 0.15) is 5.75 Å². The van der Waals surface area contributed by atoms with Crippen LogP contribution < -0.4 is 10.1 Å². The largest absolute Gasteiger partial charge is 0.493 e. The molecule has 0 aliphatic carbocycles. The van der Waals surface area contributed by atoms with Crippen molar-refractivity contribution in [1.82, 2.24) is 5.32 Å². The standard InChI is InChI=1S/C19H17N3OS/c20-14-22-19-21-13-18(24-19)12-16-7-4-8-17(11-16)23-10-9-15-5-2-1-3-6-15/h1-8,11-12H,9-10,13H2,(H,21,22). The van der Waals surface area contributed by atoms with Gasteiger partial charge in [0.25, 0.3) is 0 Å². The molecule has 0 saturated heterocycles. The van der Waals surface area contributed by atoms with Crippen molar-refractivity contribution < 1.29 is 4.74 Å². The van der Waals surface area contributed by atoms with Crippen LogP contribution in [0.1, 0.15) is 11.1 Å². The molecule has 5 heteroatoms. The Labute approximate surface area is 145 Å². The summed E-state index contributed by atoms with van der Waals surface area (Å²) in [6.45, 7) is 1.26. The maximum Gasteiger partial charge on any atom is 0.183 e. The topological polar surface area (TPSA) is 57.4 Å². The molecule has 3 rings (SSSR count). The van der Waals surface area contributed by atoms with E-state index in [4.69, 9.17) is 10.00 Å². The van der Waals surface area contributed by atoms with Crippen LogP contribution >= 0.6 is 11.8 Å². The van der Waals surface area contributed by atoms with Gasteiger partial charge in [-0.15, -0.1) is 0 Å². The molecule has 2 aromatic rings. The van der Waals surface area contributed by atoms with Crippen molar-refractivity contribution in [3.8, 4) is 11.9 Å². The Morgan fingerprint density at radius 2 is 2.08 bits per heavy atom. The summed E-state index contributed by atoms with van der Waals surface area (Å²) in [5.41, 5.74) is 2.34. The second-order valence-electron chi connectivity index (χ2n) is 5.23. The van der Waals surface area contributed by atoms with Gasteiger partial charge in [0.2, 0.25) is 0 Å². The predicted molar refractivity (Wildman–Crippen MR) is 98.7 cm³/mol. The number of nitrogens with zero attached hydrogens (tertiary/aromatic N) is 2. The molecule has 0 amide bonds. The number of amidine groups is 1. The lowest BCUT2D eigenvalue weighted by molar-refractivity contribution is 0.322. The highest BCUT2D eigenvalue weighted by molar-refractivity contribution is 8.17. The monoisotopic (exact) mass is 335 g/mol. The molecule has 24 heavy (non-hydrogen) atoms. The van der Waals surface area contributed by atoms with E-state index in [0.29, 0.717) is 18.3 Å². The summed E-state index contributed by atoms with van der Waals surface area (Å²) in [5.74, 6) is 0.861. The van der Waals surface area contributed by atoms with Crippen LogP contribution in [0.4, 0.5) is 0 Å². The average Bonchev–Trinajstić information content (AvgIpc) is 3.04. The van der Waals surface area contributed by atoms with Gasteiger partial charge >= 0.3 is 0 Å². The average molecular weight is 335 g/mol. The lowest BCUT2D eigenvalue weighted by Gasteiger charge is -2.07. The molecule has 0 fully saturated rings. The van der Waals surface area contributed by atoms with Crippen molar-refractivity contribution >= 4 is 23.0 Å². The summed E-state index contributed by atoms with van der Waals surface area (Å²) in [5, 5.41) is 11.8. The summed E-state index contributed by atoms with van der Waals surface area (Å²) >= 11 is 1.49. The maximum absolute atomic E-state index is 8.61. The quantitative estimate of drug-likeness (QED) is 0.666. The minimum atomic E-state index is 0.605. The molecule has 0 spiro atoms. The smallest absolute Gasteiger partial charge is 0.183 e.